The smallest absolute Gasteiger partial charge is 0.319 e. The largest absolute Gasteiger partial charge is 0.334 e. The van der Waals surface area contributed by atoms with Gasteiger partial charge < -0.3 is 10.6 Å². The van der Waals surface area contributed by atoms with Crippen molar-refractivity contribution in [1.82, 2.24) is 5.32 Å². The maximum absolute atomic E-state index is 12.9. The third-order valence-corrected chi connectivity index (χ3v) is 6.66. The zero-order chi connectivity index (χ0) is 21.7. The Labute approximate surface area is 182 Å². The maximum Gasteiger partial charge on any atom is 0.319 e. The molecule has 0 aromatic heterocycles. The number of hydrogen-bond acceptors (Lipinski definition) is 3. The molecule has 0 saturated heterocycles. The molecular formula is C23H23ClN2O3S. The fourth-order valence-electron chi connectivity index (χ4n) is 3.07. The van der Waals surface area contributed by atoms with Crippen molar-refractivity contribution in [3.63, 3.8) is 0 Å². The molecule has 0 aliphatic rings. The van der Waals surface area contributed by atoms with Gasteiger partial charge in [-0.25, -0.2) is 13.2 Å². The molecule has 3 rings (SSSR count). The fourth-order valence-corrected chi connectivity index (χ4v) is 4.85. The van der Waals surface area contributed by atoms with E-state index >= 15 is 0 Å². The fraction of sp³-hybridized carbons (Fsp3) is 0.174. The van der Waals surface area contributed by atoms with Gasteiger partial charge in [0, 0.05) is 17.3 Å². The molecule has 0 radical (unpaired) electrons. The summed E-state index contributed by atoms with van der Waals surface area (Å²) in [5, 5.41) is 6.04. The van der Waals surface area contributed by atoms with E-state index in [1.165, 1.54) is 6.07 Å². The van der Waals surface area contributed by atoms with Crippen molar-refractivity contribution in [1.29, 1.82) is 0 Å². The van der Waals surface area contributed by atoms with Crippen LogP contribution in [0.4, 0.5) is 10.5 Å². The number of sulfone groups is 1. The Kier molecular flexibility index (Phi) is 6.80. The first-order chi connectivity index (χ1) is 14.2. The van der Waals surface area contributed by atoms with Gasteiger partial charge in [0.1, 0.15) is 0 Å². The highest BCUT2D eigenvalue weighted by molar-refractivity contribution is 7.90. The molecule has 0 saturated carbocycles. The molecule has 5 nitrogen and oxygen atoms in total. The molecule has 0 heterocycles. The number of benzene rings is 3. The van der Waals surface area contributed by atoms with Crippen LogP contribution < -0.4 is 10.6 Å². The molecule has 2 N–H and O–H groups in total. The minimum atomic E-state index is -3.59. The highest BCUT2D eigenvalue weighted by Crippen LogP contribution is 2.24. The molecule has 30 heavy (non-hydrogen) atoms. The van der Waals surface area contributed by atoms with Gasteiger partial charge in [-0.2, -0.15) is 0 Å². The summed E-state index contributed by atoms with van der Waals surface area (Å²) < 4.78 is 25.9. The van der Waals surface area contributed by atoms with Gasteiger partial charge in [0.2, 0.25) is 0 Å². The Balaban J connectivity index is 1.70. The molecule has 3 aromatic carbocycles. The Bertz CT molecular complexity index is 1160. The quantitative estimate of drug-likeness (QED) is 0.547. The van der Waals surface area contributed by atoms with Gasteiger partial charge >= 0.3 is 6.03 Å². The molecule has 0 aliphatic heterocycles. The average molecular weight is 443 g/mol. The van der Waals surface area contributed by atoms with E-state index in [-0.39, 0.29) is 10.6 Å². The van der Waals surface area contributed by atoms with Crippen molar-refractivity contribution in [2.24, 2.45) is 0 Å². The summed E-state index contributed by atoms with van der Waals surface area (Å²) in [5.41, 5.74) is 3.78. The summed E-state index contributed by atoms with van der Waals surface area (Å²) in [4.78, 5) is 12.4. The molecule has 3 aromatic rings. The third kappa shape index (κ3) is 5.84. The minimum Gasteiger partial charge on any atom is -0.334 e. The molecule has 7 heteroatoms. The van der Waals surface area contributed by atoms with Crippen LogP contribution >= 0.6 is 11.6 Å². The Hall–Kier alpha value is -2.83. The number of amides is 2. The van der Waals surface area contributed by atoms with Crippen LogP contribution in [0.25, 0.3) is 0 Å². The van der Waals surface area contributed by atoms with Crippen LogP contribution in [-0.4, -0.2) is 14.4 Å². The van der Waals surface area contributed by atoms with Crippen LogP contribution in [0.3, 0.4) is 0 Å². The van der Waals surface area contributed by atoms with E-state index in [2.05, 4.69) is 10.6 Å². The molecule has 0 aliphatic carbocycles. The summed E-state index contributed by atoms with van der Waals surface area (Å²) in [5.74, 6) is -0.145. The molecule has 0 fully saturated rings. The SMILES string of the molecule is Cc1cccc(CNC(=O)Nc2ccc(C)c(S(=O)(=O)Cc3ccc(Cl)cc3)c2)c1. The summed E-state index contributed by atoms with van der Waals surface area (Å²) in [6, 6.07) is 19.0. The van der Waals surface area contributed by atoms with E-state index in [0.717, 1.165) is 11.1 Å². The standard InChI is InChI=1S/C23H23ClN2O3S/c1-16-4-3-5-19(12-16)14-25-23(27)26-21-11-6-17(2)22(13-21)30(28,29)15-18-7-9-20(24)10-8-18/h3-13H,14-15H2,1-2H3,(H2,25,26,27). The average Bonchev–Trinajstić information content (AvgIpc) is 2.69. The maximum atomic E-state index is 12.9. The van der Waals surface area contributed by atoms with E-state index in [1.807, 2.05) is 31.2 Å². The number of carbonyl (C=O) groups excluding carboxylic acids is 1. The lowest BCUT2D eigenvalue weighted by Crippen LogP contribution is -2.28. The number of hydrogen-bond donors (Lipinski definition) is 2. The molecule has 0 unspecified atom stereocenters. The van der Waals surface area contributed by atoms with E-state index in [9.17, 15) is 13.2 Å². The predicted molar refractivity (Wildman–Crippen MR) is 121 cm³/mol. The van der Waals surface area contributed by atoms with E-state index in [0.29, 0.717) is 28.4 Å². The van der Waals surface area contributed by atoms with Gasteiger partial charge in [-0.3, -0.25) is 0 Å². The van der Waals surface area contributed by atoms with Crippen molar-refractivity contribution in [2.45, 2.75) is 31.0 Å². The highest BCUT2D eigenvalue weighted by atomic mass is 35.5. The number of carbonyl (C=O) groups is 1. The number of nitrogens with one attached hydrogen (secondary N) is 2. The van der Waals surface area contributed by atoms with Gasteiger partial charge in [-0.1, -0.05) is 59.6 Å². The second kappa shape index (κ2) is 9.32. The Morgan fingerprint density at radius 1 is 0.933 bits per heavy atom. The van der Waals surface area contributed by atoms with Crippen LogP contribution in [0.15, 0.2) is 71.6 Å². The van der Waals surface area contributed by atoms with Crippen LogP contribution in [0.5, 0.6) is 0 Å². The molecule has 0 bridgehead atoms. The van der Waals surface area contributed by atoms with Crippen molar-refractivity contribution >= 4 is 33.2 Å². The topological polar surface area (TPSA) is 75.3 Å². The monoisotopic (exact) mass is 442 g/mol. The van der Waals surface area contributed by atoms with Crippen LogP contribution in [-0.2, 0) is 22.1 Å². The third-order valence-electron chi connectivity index (χ3n) is 4.59. The summed E-state index contributed by atoms with van der Waals surface area (Å²) in [6.07, 6.45) is 0. The normalized spacial score (nSPS) is 11.2. The Morgan fingerprint density at radius 2 is 1.67 bits per heavy atom. The number of rotatable bonds is 6. The summed E-state index contributed by atoms with van der Waals surface area (Å²) >= 11 is 5.87. The van der Waals surface area contributed by atoms with E-state index < -0.39 is 15.9 Å². The first kappa shape index (κ1) is 21.9. The lowest BCUT2D eigenvalue weighted by Gasteiger charge is -2.12. The second-order valence-corrected chi connectivity index (χ2v) is 9.56. The molecular weight excluding hydrogens is 420 g/mol. The number of anilines is 1. The van der Waals surface area contributed by atoms with Gasteiger partial charge in [-0.05, 0) is 54.8 Å². The minimum absolute atomic E-state index is 0.145. The zero-order valence-electron chi connectivity index (χ0n) is 16.8. The lowest BCUT2D eigenvalue weighted by molar-refractivity contribution is 0.251. The molecule has 2 amide bonds. The van der Waals surface area contributed by atoms with Crippen LogP contribution in [0.1, 0.15) is 22.3 Å². The van der Waals surface area contributed by atoms with Gasteiger partial charge in [-0.15, -0.1) is 0 Å². The second-order valence-electron chi connectivity index (χ2n) is 7.16. The molecule has 156 valence electrons. The zero-order valence-corrected chi connectivity index (χ0v) is 18.3. The van der Waals surface area contributed by atoms with E-state index in [4.69, 9.17) is 11.6 Å². The van der Waals surface area contributed by atoms with Gasteiger partial charge in [0.15, 0.2) is 9.84 Å². The highest BCUT2D eigenvalue weighted by Gasteiger charge is 2.19. The number of halogens is 1. The Morgan fingerprint density at radius 3 is 2.37 bits per heavy atom. The number of aryl methyl sites for hydroxylation is 2. The predicted octanol–water partition coefficient (Wildman–Crippen LogP) is 5.25. The van der Waals surface area contributed by atoms with Crippen molar-refractivity contribution in [3.8, 4) is 0 Å². The van der Waals surface area contributed by atoms with Crippen molar-refractivity contribution in [3.05, 3.63) is 94.0 Å². The van der Waals surface area contributed by atoms with Crippen molar-refractivity contribution < 1.29 is 13.2 Å². The van der Waals surface area contributed by atoms with Crippen molar-refractivity contribution in [2.75, 3.05) is 5.32 Å². The molecule has 0 spiro atoms. The van der Waals surface area contributed by atoms with Crippen LogP contribution in [0, 0.1) is 13.8 Å². The summed E-state index contributed by atoms with van der Waals surface area (Å²) in [7, 11) is -3.59. The number of urea groups is 1. The van der Waals surface area contributed by atoms with Gasteiger partial charge in [0.05, 0.1) is 10.6 Å². The molecule has 0 atom stereocenters. The lowest BCUT2D eigenvalue weighted by atomic mass is 10.1. The summed E-state index contributed by atoms with van der Waals surface area (Å²) in [6.45, 7) is 4.10. The first-order valence-corrected chi connectivity index (χ1v) is 11.4. The first-order valence-electron chi connectivity index (χ1n) is 9.41. The van der Waals surface area contributed by atoms with Crippen LogP contribution in [0.2, 0.25) is 5.02 Å². The van der Waals surface area contributed by atoms with E-state index in [1.54, 1.807) is 43.3 Å². The van der Waals surface area contributed by atoms with Gasteiger partial charge in [0.25, 0.3) is 0 Å².